The fraction of sp³-hybridized carbons (Fsp3) is 0.556. The molecule has 3 N–H and O–H groups in total. The Balaban J connectivity index is 0.000000706. The van der Waals surface area contributed by atoms with Crippen molar-refractivity contribution in [2.75, 3.05) is 19.7 Å². The normalized spacial score (nSPS) is 23.9. The Labute approximate surface area is 161 Å². The summed E-state index contributed by atoms with van der Waals surface area (Å²) in [7, 11) is 1.85. The van der Waals surface area contributed by atoms with Crippen LogP contribution in [-0.4, -0.2) is 84.6 Å². The molecular formula is C18H24N4O6. The monoisotopic (exact) mass is 392 g/mol. The van der Waals surface area contributed by atoms with Crippen LogP contribution in [0.5, 0.6) is 0 Å². The van der Waals surface area contributed by atoms with E-state index in [4.69, 9.17) is 14.6 Å². The molecule has 2 atom stereocenters. The van der Waals surface area contributed by atoms with Crippen molar-refractivity contribution in [2.24, 2.45) is 7.05 Å². The highest BCUT2D eigenvalue weighted by Gasteiger charge is 2.43. The van der Waals surface area contributed by atoms with Crippen LogP contribution >= 0.6 is 0 Å². The number of aryl methyl sites for hydroxylation is 1. The summed E-state index contributed by atoms with van der Waals surface area (Å²) in [6.07, 6.45) is 3.42. The molecule has 0 bridgehead atoms. The molecule has 0 unspecified atom stereocenters. The lowest BCUT2D eigenvalue weighted by molar-refractivity contribution is -0.185. The van der Waals surface area contributed by atoms with Crippen LogP contribution in [0.4, 0.5) is 0 Å². The number of hydrogen-bond donors (Lipinski definition) is 3. The Bertz CT molecular complexity index is 846. The van der Waals surface area contributed by atoms with Gasteiger partial charge in [-0.05, 0) is 18.9 Å². The molecule has 152 valence electrons. The summed E-state index contributed by atoms with van der Waals surface area (Å²) >= 11 is 0. The zero-order valence-electron chi connectivity index (χ0n) is 15.6. The molecule has 2 aliphatic heterocycles. The van der Waals surface area contributed by atoms with Gasteiger partial charge in [-0.25, -0.2) is 9.97 Å². The number of likely N-dealkylation sites (tertiary alicyclic amines) is 1. The molecule has 0 saturated carbocycles. The topological polar surface area (TPSA) is 138 Å². The number of aliphatic hydroxyl groups is 2. The van der Waals surface area contributed by atoms with Crippen LogP contribution in [0.25, 0.3) is 11.2 Å². The summed E-state index contributed by atoms with van der Waals surface area (Å²) in [5.41, 5.74) is 1.42. The number of rotatable bonds is 1. The maximum Gasteiger partial charge on any atom is 0.290 e. The maximum absolute atomic E-state index is 12.9. The molecule has 2 aliphatic rings. The molecule has 0 aromatic carbocycles. The van der Waals surface area contributed by atoms with Crippen molar-refractivity contribution in [1.82, 2.24) is 19.4 Å². The smallest absolute Gasteiger partial charge is 0.290 e. The number of aromatic nitrogens is 3. The van der Waals surface area contributed by atoms with Crippen LogP contribution in [0.2, 0.25) is 0 Å². The number of amides is 1. The molecule has 28 heavy (non-hydrogen) atoms. The van der Waals surface area contributed by atoms with Gasteiger partial charge in [-0.2, -0.15) is 0 Å². The minimum atomic E-state index is -0.820. The van der Waals surface area contributed by atoms with E-state index < -0.39 is 17.8 Å². The fourth-order valence-corrected chi connectivity index (χ4v) is 3.79. The molecule has 2 fully saturated rings. The first-order valence-corrected chi connectivity index (χ1v) is 9.04. The number of piperidine rings is 1. The van der Waals surface area contributed by atoms with Crippen LogP contribution < -0.4 is 0 Å². The third kappa shape index (κ3) is 3.84. The number of pyridine rings is 1. The largest absolute Gasteiger partial charge is 0.483 e. The van der Waals surface area contributed by atoms with E-state index in [0.717, 1.165) is 0 Å². The molecular weight excluding hydrogens is 368 g/mol. The van der Waals surface area contributed by atoms with Crippen LogP contribution in [0, 0.1) is 0 Å². The van der Waals surface area contributed by atoms with Gasteiger partial charge >= 0.3 is 0 Å². The quantitative estimate of drug-likeness (QED) is 0.567. The Morgan fingerprint density at radius 1 is 1.29 bits per heavy atom. The van der Waals surface area contributed by atoms with Crippen molar-refractivity contribution in [3.05, 3.63) is 24.2 Å². The zero-order valence-corrected chi connectivity index (χ0v) is 15.6. The highest BCUT2D eigenvalue weighted by atomic mass is 16.5. The van der Waals surface area contributed by atoms with E-state index in [1.54, 1.807) is 28.1 Å². The number of ether oxygens (including phenoxy) is 1. The van der Waals surface area contributed by atoms with Gasteiger partial charge in [0.15, 0.2) is 5.65 Å². The lowest BCUT2D eigenvalue weighted by atomic mass is 9.82. The summed E-state index contributed by atoms with van der Waals surface area (Å²) in [5.74, 6) is -0.0580. The van der Waals surface area contributed by atoms with Crippen LogP contribution in [-0.2, 0) is 16.6 Å². The van der Waals surface area contributed by atoms with Crippen LogP contribution in [0.1, 0.15) is 29.6 Å². The predicted octanol–water partition coefficient (Wildman–Crippen LogP) is -0.214. The van der Waals surface area contributed by atoms with E-state index in [1.165, 1.54) is 0 Å². The summed E-state index contributed by atoms with van der Waals surface area (Å²) < 4.78 is 7.61. The molecule has 1 spiro atoms. The third-order valence-corrected chi connectivity index (χ3v) is 5.38. The highest BCUT2D eigenvalue weighted by Crippen LogP contribution is 2.35. The predicted molar refractivity (Wildman–Crippen MR) is 97.7 cm³/mol. The van der Waals surface area contributed by atoms with E-state index in [0.29, 0.717) is 49.1 Å². The third-order valence-electron chi connectivity index (χ3n) is 5.38. The minimum absolute atomic E-state index is 0.0580. The molecule has 0 aliphatic carbocycles. The van der Waals surface area contributed by atoms with Gasteiger partial charge in [0, 0.05) is 32.8 Å². The average Bonchev–Trinajstić information content (AvgIpc) is 3.07. The van der Waals surface area contributed by atoms with Gasteiger partial charge in [0.05, 0.1) is 30.2 Å². The van der Waals surface area contributed by atoms with Crippen molar-refractivity contribution < 1.29 is 29.6 Å². The molecule has 10 nitrogen and oxygen atoms in total. The van der Waals surface area contributed by atoms with Gasteiger partial charge in [0.25, 0.3) is 12.4 Å². The van der Waals surface area contributed by atoms with E-state index in [2.05, 4.69) is 9.97 Å². The van der Waals surface area contributed by atoms with Gasteiger partial charge in [-0.3, -0.25) is 9.59 Å². The summed E-state index contributed by atoms with van der Waals surface area (Å²) in [6.45, 7) is 1.00. The number of nitrogens with zero attached hydrogens (tertiary/aromatic N) is 4. The van der Waals surface area contributed by atoms with Gasteiger partial charge in [-0.1, -0.05) is 0 Å². The first-order valence-electron chi connectivity index (χ1n) is 9.04. The lowest BCUT2D eigenvalue weighted by Gasteiger charge is -2.46. The van der Waals surface area contributed by atoms with E-state index in [1.807, 2.05) is 7.05 Å². The molecule has 0 radical (unpaired) electrons. The summed E-state index contributed by atoms with van der Waals surface area (Å²) in [4.78, 5) is 31.7. The number of carboxylic acid groups (broad SMARTS) is 1. The highest BCUT2D eigenvalue weighted by molar-refractivity contribution is 6.04. The molecule has 4 heterocycles. The lowest BCUT2D eigenvalue weighted by Crippen LogP contribution is -2.55. The fourth-order valence-electron chi connectivity index (χ4n) is 3.79. The first-order chi connectivity index (χ1) is 13.4. The van der Waals surface area contributed by atoms with E-state index in [-0.39, 0.29) is 19.0 Å². The van der Waals surface area contributed by atoms with Crippen molar-refractivity contribution in [1.29, 1.82) is 0 Å². The number of aliphatic hydroxyl groups excluding tert-OH is 2. The van der Waals surface area contributed by atoms with Crippen LogP contribution in [0.3, 0.4) is 0 Å². The molecule has 4 rings (SSSR count). The number of fused-ring (bicyclic) bond motifs is 1. The maximum atomic E-state index is 12.9. The van der Waals surface area contributed by atoms with Crippen molar-refractivity contribution in [3.63, 3.8) is 0 Å². The van der Waals surface area contributed by atoms with Gasteiger partial charge < -0.3 is 29.5 Å². The standard InChI is InChI=1S/C17H22N4O4.CH2O2/c1-20-10-19-14-11(2-5-18-15(14)20)16(24)21-6-3-17(4-7-21)8-12(22)13(23)9-25-17;2-1-3/h2,5,10,12-13,22-23H,3-4,6-9H2,1H3;1H,(H,2,3)/t12-,13+;/m1./s1. The van der Waals surface area contributed by atoms with Gasteiger partial charge in [-0.15, -0.1) is 0 Å². The summed E-state index contributed by atoms with van der Waals surface area (Å²) in [5, 5.41) is 26.5. The first kappa shape index (κ1) is 20.2. The molecule has 1 amide bonds. The van der Waals surface area contributed by atoms with Gasteiger partial charge in [0.2, 0.25) is 0 Å². The van der Waals surface area contributed by atoms with Crippen molar-refractivity contribution in [2.45, 2.75) is 37.1 Å². The second kappa shape index (κ2) is 8.21. The molecule has 2 aromatic rings. The second-order valence-electron chi connectivity index (χ2n) is 7.12. The second-order valence-corrected chi connectivity index (χ2v) is 7.12. The summed E-state index contributed by atoms with van der Waals surface area (Å²) in [6, 6.07) is 1.71. The Kier molecular flexibility index (Phi) is 5.92. The number of carbonyl (C=O) groups is 2. The van der Waals surface area contributed by atoms with Crippen molar-refractivity contribution in [3.8, 4) is 0 Å². The average molecular weight is 392 g/mol. The number of imidazole rings is 1. The van der Waals surface area contributed by atoms with E-state index >= 15 is 0 Å². The van der Waals surface area contributed by atoms with E-state index in [9.17, 15) is 15.0 Å². The molecule has 2 aromatic heterocycles. The number of carbonyl (C=O) groups excluding carboxylic acids is 1. The Morgan fingerprint density at radius 2 is 1.96 bits per heavy atom. The van der Waals surface area contributed by atoms with Crippen LogP contribution in [0.15, 0.2) is 18.6 Å². The Hall–Kier alpha value is -2.56. The number of hydrogen-bond acceptors (Lipinski definition) is 7. The van der Waals surface area contributed by atoms with Crippen molar-refractivity contribution >= 4 is 23.5 Å². The Morgan fingerprint density at radius 3 is 2.61 bits per heavy atom. The minimum Gasteiger partial charge on any atom is -0.483 e. The molecule has 2 saturated heterocycles. The molecule has 10 heteroatoms. The SMILES string of the molecule is Cn1cnc2c(C(=O)N3CCC4(CC3)C[C@@H](O)[C@@H](O)CO4)ccnc21.O=CO. The zero-order chi connectivity index (χ0) is 20.3. The van der Waals surface area contributed by atoms with Gasteiger partial charge in [0.1, 0.15) is 11.6 Å².